The van der Waals surface area contributed by atoms with Crippen LogP contribution in [-0.4, -0.2) is 21.9 Å². The van der Waals surface area contributed by atoms with Crippen LogP contribution in [0.1, 0.15) is 44.0 Å². The molecule has 0 bridgehead atoms. The Kier molecular flexibility index (Phi) is 3.94. The van der Waals surface area contributed by atoms with Crippen molar-refractivity contribution < 1.29 is 4.79 Å². The van der Waals surface area contributed by atoms with Crippen LogP contribution in [0.3, 0.4) is 0 Å². The molecule has 1 aromatic heterocycles. The van der Waals surface area contributed by atoms with E-state index in [4.69, 9.17) is 17.3 Å². The predicted molar refractivity (Wildman–Crippen MR) is 75.2 cm³/mol. The summed E-state index contributed by atoms with van der Waals surface area (Å²) in [5.41, 5.74) is 6.15. The van der Waals surface area contributed by atoms with E-state index in [1.54, 1.807) is 0 Å². The van der Waals surface area contributed by atoms with Crippen molar-refractivity contribution in [2.45, 2.75) is 45.6 Å². The van der Waals surface area contributed by atoms with Gasteiger partial charge in [-0.25, -0.2) is 9.97 Å². The lowest BCUT2D eigenvalue weighted by molar-refractivity contribution is -0.119. The molecule has 0 saturated heterocycles. The number of halogens is 1. The number of rotatable bonds is 5. The quantitative estimate of drug-likeness (QED) is 0.812. The van der Waals surface area contributed by atoms with Crippen molar-refractivity contribution in [2.24, 2.45) is 11.7 Å². The zero-order valence-corrected chi connectivity index (χ0v) is 12.2. The van der Waals surface area contributed by atoms with E-state index in [0.29, 0.717) is 16.9 Å². The van der Waals surface area contributed by atoms with E-state index in [1.165, 1.54) is 0 Å². The first-order valence-electron chi connectivity index (χ1n) is 6.50. The first-order chi connectivity index (χ1) is 8.90. The lowest BCUT2D eigenvalue weighted by Gasteiger charge is -2.21. The van der Waals surface area contributed by atoms with Gasteiger partial charge in [-0.15, -0.1) is 0 Å². The predicted octanol–water partition coefficient (Wildman–Crippen LogP) is 2.24. The number of amides is 1. The summed E-state index contributed by atoms with van der Waals surface area (Å²) in [5.74, 6) is 1.46. The molecule has 19 heavy (non-hydrogen) atoms. The average Bonchev–Trinajstić information content (AvgIpc) is 3.13. The second kappa shape index (κ2) is 5.33. The first kappa shape index (κ1) is 14.1. The Hall–Kier alpha value is -1.36. The molecule has 1 saturated carbocycles. The van der Waals surface area contributed by atoms with Crippen LogP contribution in [0.25, 0.3) is 0 Å². The van der Waals surface area contributed by atoms with E-state index in [-0.39, 0.29) is 5.92 Å². The molecule has 0 radical (unpaired) electrons. The molecule has 2 rings (SSSR count). The second-order valence-corrected chi connectivity index (χ2v) is 5.75. The number of aromatic nitrogens is 2. The fourth-order valence-corrected chi connectivity index (χ4v) is 2.06. The number of carbonyl (C=O) groups is 1. The van der Waals surface area contributed by atoms with Gasteiger partial charge in [0.25, 0.3) is 0 Å². The smallest absolute Gasteiger partial charge is 0.240 e. The molecule has 0 aliphatic heterocycles. The molecule has 0 spiro atoms. The van der Waals surface area contributed by atoms with Gasteiger partial charge in [-0.3, -0.25) is 4.79 Å². The van der Waals surface area contributed by atoms with Crippen LogP contribution in [-0.2, 0) is 4.79 Å². The maximum absolute atomic E-state index is 11.5. The third-order valence-electron chi connectivity index (χ3n) is 3.31. The van der Waals surface area contributed by atoms with Crippen LogP contribution in [0.15, 0.2) is 0 Å². The van der Waals surface area contributed by atoms with Gasteiger partial charge in [0, 0.05) is 11.5 Å². The Morgan fingerprint density at radius 3 is 2.53 bits per heavy atom. The summed E-state index contributed by atoms with van der Waals surface area (Å²) in [6.07, 6.45) is 2.20. The number of hydrogen-bond donors (Lipinski definition) is 2. The van der Waals surface area contributed by atoms with Crippen molar-refractivity contribution in [3.63, 3.8) is 0 Å². The molecule has 1 amide bonds. The summed E-state index contributed by atoms with van der Waals surface area (Å²) >= 11 is 6.13. The average molecular weight is 283 g/mol. The Balaban J connectivity index is 2.30. The van der Waals surface area contributed by atoms with Gasteiger partial charge in [0.05, 0.1) is 0 Å². The molecular weight excluding hydrogens is 264 g/mol. The van der Waals surface area contributed by atoms with E-state index in [2.05, 4.69) is 15.3 Å². The van der Waals surface area contributed by atoms with Crippen LogP contribution < -0.4 is 11.1 Å². The molecule has 1 aromatic rings. The maximum Gasteiger partial charge on any atom is 0.240 e. The fraction of sp³-hybridized carbons (Fsp3) is 0.615. The topological polar surface area (TPSA) is 80.9 Å². The molecule has 1 atom stereocenters. The van der Waals surface area contributed by atoms with Crippen LogP contribution in [0, 0.1) is 12.8 Å². The molecule has 1 fully saturated rings. The highest BCUT2D eigenvalue weighted by molar-refractivity contribution is 6.30. The van der Waals surface area contributed by atoms with E-state index >= 15 is 0 Å². The van der Waals surface area contributed by atoms with Gasteiger partial charge in [0.1, 0.15) is 22.8 Å². The third-order valence-corrected chi connectivity index (χ3v) is 3.68. The number of carbonyl (C=O) groups excluding carboxylic acids is 1. The summed E-state index contributed by atoms with van der Waals surface area (Å²) in [5, 5.41) is 3.54. The molecular formula is C13H19ClN4O. The van der Waals surface area contributed by atoms with Gasteiger partial charge in [-0.1, -0.05) is 25.4 Å². The summed E-state index contributed by atoms with van der Waals surface area (Å²) in [6, 6.07) is -0.461. The minimum atomic E-state index is -0.461. The molecule has 104 valence electrons. The van der Waals surface area contributed by atoms with Gasteiger partial charge < -0.3 is 11.1 Å². The molecule has 1 aliphatic carbocycles. The number of hydrogen-bond acceptors (Lipinski definition) is 4. The Bertz CT molecular complexity index is 500. The van der Waals surface area contributed by atoms with Crippen LogP contribution >= 0.6 is 11.6 Å². The summed E-state index contributed by atoms with van der Waals surface area (Å²) in [6.45, 7) is 5.70. The Morgan fingerprint density at radius 2 is 2.05 bits per heavy atom. The second-order valence-electron chi connectivity index (χ2n) is 5.39. The zero-order valence-electron chi connectivity index (χ0n) is 11.4. The van der Waals surface area contributed by atoms with Gasteiger partial charge in [0.15, 0.2) is 0 Å². The minimum absolute atomic E-state index is 0.0787. The van der Waals surface area contributed by atoms with Crippen LogP contribution in [0.5, 0.6) is 0 Å². The number of primary amides is 1. The number of nitrogens with one attached hydrogen (secondary N) is 1. The highest BCUT2D eigenvalue weighted by Gasteiger charge is 2.29. The summed E-state index contributed by atoms with van der Waals surface area (Å²) < 4.78 is 0. The van der Waals surface area contributed by atoms with Crippen molar-refractivity contribution in [1.29, 1.82) is 0 Å². The molecule has 5 nitrogen and oxygen atoms in total. The van der Waals surface area contributed by atoms with Crippen molar-refractivity contribution in [1.82, 2.24) is 9.97 Å². The van der Waals surface area contributed by atoms with E-state index in [0.717, 1.165) is 24.2 Å². The number of anilines is 1. The van der Waals surface area contributed by atoms with Gasteiger partial charge in [0.2, 0.25) is 5.91 Å². The van der Waals surface area contributed by atoms with Gasteiger partial charge in [-0.05, 0) is 25.7 Å². The third kappa shape index (κ3) is 3.15. The number of nitrogens with zero attached hydrogens (tertiary/aromatic N) is 2. The fourth-order valence-electron chi connectivity index (χ4n) is 1.88. The van der Waals surface area contributed by atoms with E-state index in [1.807, 2.05) is 20.8 Å². The van der Waals surface area contributed by atoms with Crippen molar-refractivity contribution >= 4 is 23.3 Å². The lowest BCUT2D eigenvalue weighted by atomic mass is 10.0. The molecule has 6 heteroatoms. The van der Waals surface area contributed by atoms with E-state index < -0.39 is 11.9 Å². The summed E-state index contributed by atoms with van der Waals surface area (Å²) in [4.78, 5) is 20.2. The van der Waals surface area contributed by atoms with E-state index in [9.17, 15) is 4.79 Å². The molecule has 0 aromatic carbocycles. The highest BCUT2D eigenvalue weighted by atomic mass is 35.5. The lowest BCUT2D eigenvalue weighted by Crippen LogP contribution is -2.40. The molecule has 3 N–H and O–H groups in total. The standard InChI is InChI=1S/C13H19ClN4O/c1-6(2)9(11(15)19)16-12-7(3)10(14)17-13(18-12)8-4-5-8/h6,8-9H,4-5H2,1-3H3,(H2,15,19)(H,16,17,18). The Morgan fingerprint density at radius 1 is 1.42 bits per heavy atom. The number of nitrogens with two attached hydrogens (primary N) is 1. The molecule has 1 aliphatic rings. The molecule has 1 heterocycles. The SMILES string of the molecule is Cc1c(Cl)nc(C2CC2)nc1NC(C(N)=O)C(C)C. The molecule has 1 unspecified atom stereocenters. The normalized spacial score (nSPS) is 16.5. The van der Waals surface area contributed by atoms with Crippen molar-refractivity contribution in [2.75, 3.05) is 5.32 Å². The van der Waals surface area contributed by atoms with Crippen LogP contribution in [0.2, 0.25) is 5.15 Å². The van der Waals surface area contributed by atoms with Gasteiger partial charge in [-0.2, -0.15) is 0 Å². The van der Waals surface area contributed by atoms with Crippen molar-refractivity contribution in [3.8, 4) is 0 Å². The highest BCUT2D eigenvalue weighted by Crippen LogP contribution is 2.39. The maximum atomic E-state index is 11.5. The van der Waals surface area contributed by atoms with Crippen molar-refractivity contribution in [3.05, 3.63) is 16.5 Å². The van der Waals surface area contributed by atoms with Gasteiger partial charge >= 0.3 is 0 Å². The largest absolute Gasteiger partial charge is 0.368 e. The monoisotopic (exact) mass is 282 g/mol. The zero-order chi connectivity index (χ0) is 14.2. The first-order valence-corrected chi connectivity index (χ1v) is 6.87. The summed E-state index contributed by atoms with van der Waals surface area (Å²) in [7, 11) is 0. The van der Waals surface area contributed by atoms with Crippen LogP contribution in [0.4, 0.5) is 5.82 Å². The minimum Gasteiger partial charge on any atom is -0.368 e. The Labute approximate surface area is 118 Å².